The predicted molar refractivity (Wildman–Crippen MR) is 81.1 cm³/mol. The number of thiocarbonyl (C=S) groups is 1. The van der Waals surface area contributed by atoms with Gasteiger partial charge in [0.2, 0.25) is 0 Å². The molecule has 2 rings (SSSR count). The van der Waals surface area contributed by atoms with Gasteiger partial charge in [-0.1, -0.05) is 35.5 Å². The Labute approximate surface area is 131 Å². The lowest BCUT2D eigenvalue weighted by atomic mass is 10.1. The van der Waals surface area contributed by atoms with Crippen molar-refractivity contribution in [2.24, 2.45) is 10.8 Å². The summed E-state index contributed by atoms with van der Waals surface area (Å²) < 4.78 is 10.5. The molecule has 0 unspecified atom stereocenters. The Balaban J connectivity index is 2.00. The zero-order chi connectivity index (χ0) is 16.1. The molecular formula is C13H14N4O4S. The minimum atomic E-state index is -1.16. The Bertz CT molecular complexity index is 605. The molecule has 0 amide bonds. The summed E-state index contributed by atoms with van der Waals surface area (Å²) in [6.45, 7) is -0.203. The first-order valence-electron chi connectivity index (χ1n) is 6.44. The van der Waals surface area contributed by atoms with Crippen LogP contribution in [-0.4, -0.2) is 47.0 Å². The van der Waals surface area contributed by atoms with Crippen LogP contribution in [0.3, 0.4) is 0 Å². The van der Waals surface area contributed by atoms with Crippen molar-refractivity contribution in [1.82, 2.24) is 0 Å². The molecule has 0 radical (unpaired) electrons. The highest BCUT2D eigenvalue weighted by molar-refractivity contribution is 7.80. The van der Waals surface area contributed by atoms with E-state index in [0.717, 1.165) is 0 Å². The van der Waals surface area contributed by atoms with Crippen molar-refractivity contribution in [3.8, 4) is 0 Å². The molecule has 1 aliphatic heterocycles. The Morgan fingerprint density at radius 2 is 2.18 bits per heavy atom. The third-order valence-electron chi connectivity index (χ3n) is 3.22. The van der Waals surface area contributed by atoms with Gasteiger partial charge in [0.1, 0.15) is 23.8 Å². The number of carbonyl (C=O) groups is 1. The molecule has 0 spiro atoms. The van der Waals surface area contributed by atoms with E-state index >= 15 is 0 Å². The summed E-state index contributed by atoms with van der Waals surface area (Å²) >= 11 is 4.82. The molecule has 116 valence electrons. The van der Waals surface area contributed by atoms with Crippen molar-refractivity contribution in [2.45, 2.75) is 24.4 Å². The van der Waals surface area contributed by atoms with Crippen LogP contribution in [0.25, 0.3) is 10.4 Å². The standard InChI is InChI=1S/C13H14N4O4S/c14-12(22)11-9(16-17-15)10(18)8(21-11)6-20-13(19)7-4-2-1-3-5-7/h1-5,8-11,18H,6H2,(H2,14,22)/t8-,9-,10-,11-/m1/s1. The van der Waals surface area contributed by atoms with Crippen LogP contribution in [0.2, 0.25) is 0 Å². The molecular weight excluding hydrogens is 308 g/mol. The Morgan fingerprint density at radius 1 is 1.50 bits per heavy atom. The van der Waals surface area contributed by atoms with Crippen molar-refractivity contribution in [1.29, 1.82) is 0 Å². The van der Waals surface area contributed by atoms with Gasteiger partial charge in [-0.3, -0.25) is 0 Å². The summed E-state index contributed by atoms with van der Waals surface area (Å²) in [4.78, 5) is 14.4. The third kappa shape index (κ3) is 3.52. The number of ether oxygens (including phenoxy) is 2. The highest BCUT2D eigenvalue weighted by Gasteiger charge is 2.45. The Morgan fingerprint density at radius 3 is 2.77 bits per heavy atom. The predicted octanol–water partition coefficient (Wildman–Crippen LogP) is 0.937. The Kier molecular flexibility index (Phi) is 5.29. The number of carbonyl (C=O) groups excluding carboxylic acids is 1. The zero-order valence-corrected chi connectivity index (χ0v) is 12.2. The van der Waals surface area contributed by atoms with Crippen LogP contribution < -0.4 is 5.73 Å². The number of hydrogen-bond acceptors (Lipinski definition) is 6. The van der Waals surface area contributed by atoms with Gasteiger partial charge in [0.15, 0.2) is 0 Å². The van der Waals surface area contributed by atoms with Gasteiger partial charge in [-0.25, -0.2) is 4.79 Å². The molecule has 1 aliphatic rings. The van der Waals surface area contributed by atoms with Gasteiger partial charge in [0, 0.05) is 4.91 Å². The van der Waals surface area contributed by atoms with Crippen molar-refractivity contribution in [3.05, 3.63) is 46.3 Å². The molecule has 0 saturated carbocycles. The van der Waals surface area contributed by atoms with Gasteiger partial charge in [-0.2, -0.15) is 0 Å². The second-order valence-electron chi connectivity index (χ2n) is 4.65. The Hall–Kier alpha value is -2.19. The van der Waals surface area contributed by atoms with Crippen LogP contribution in [0.5, 0.6) is 0 Å². The molecule has 1 aromatic carbocycles. The fraction of sp³-hybridized carbons (Fsp3) is 0.385. The van der Waals surface area contributed by atoms with Gasteiger partial charge < -0.3 is 20.3 Å². The van der Waals surface area contributed by atoms with Gasteiger partial charge in [-0.05, 0) is 17.7 Å². The fourth-order valence-electron chi connectivity index (χ4n) is 2.13. The highest BCUT2D eigenvalue weighted by Crippen LogP contribution is 2.25. The van der Waals surface area contributed by atoms with E-state index in [9.17, 15) is 9.90 Å². The van der Waals surface area contributed by atoms with Crippen molar-refractivity contribution in [2.75, 3.05) is 6.61 Å². The molecule has 4 atom stereocenters. The summed E-state index contributed by atoms with van der Waals surface area (Å²) in [5.41, 5.74) is 14.4. The molecule has 0 aliphatic carbocycles. The highest BCUT2D eigenvalue weighted by atomic mass is 32.1. The number of aliphatic hydroxyl groups excluding tert-OH is 1. The largest absolute Gasteiger partial charge is 0.459 e. The summed E-state index contributed by atoms with van der Waals surface area (Å²) in [6.07, 6.45) is -2.91. The minimum Gasteiger partial charge on any atom is -0.459 e. The third-order valence-corrected chi connectivity index (χ3v) is 3.45. The van der Waals surface area contributed by atoms with E-state index in [4.69, 9.17) is 33.0 Å². The molecule has 9 heteroatoms. The SMILES string of the molecule is [N-]=[N+]=N[C@@H]1[C@H](O)[C@@H](COC(=O)c2ccccc2)O[C@H]1C(N)=S. The number of nitrogens with zero attached hydrogens (tertiary/aromatic N) is 3. The van der Waals surface area contributed by atoms with Crippen molar-refractivity contribution >= 4 is 23.2 Å². The molecule has 3 N–H and O–H groups in total. The van der Waals surface area contributed by atoms with Crippen LogP contribution in [0.4, 0.5) is 0 Å². The normalized spacial score (nSPS) is 27.0. The van der Waals surface area contributed by atoms with Crippen LogP contribution in [-0.2, 0) is 9.47 Å². The lowest BCUT2D eigenvalue weighted by Gasteiger charge is -2.14. The van der Waals surface area contributed by atoms with E-state index in [-0.39, 0.29) is 11.6 Å². The molecule has 0 bridgehead atoms. The van der Waals surface area contributed by atoms with Crippen LogP contribution in [0.1, 0.15) is 10.4 Å². The lowest BCUT2D eigenvalue weighted by molar-refractivity contribution is -0.0220. The van der Waals surface area contributed by atoms with E-state index in [1.165, 1.54) is 0 Å². The molecule has 0 aromatic heterocycles. The van der Waals surface area contributed by atoms with Gasteiger partial charge in [0.25, 0.3) is 0 Å². The number of azide groups is 1. The summed E-state index contributed by atoms with van der Waals surface area (Å²) in [5.74, 6) is -0.546. The maximum atomic E-state index is 11.8. The smallest absolute Gasteiger partial charge is 0.338 e. The second-order valence-corrected chi connectivity index (χ2v) is 5.12. The van der Waals surface area contributed by atoms with Crippen molar-refractivity contribution in [3.63, 3.8) is 0 Å². The maximum Gasteiger partial charge on any atom is 0.338 e. The molecule has 1 heterocycles. The van der Waals surface area contributed by atoms with E-state index < -0.39 is 30.3 Å². The molecule has 1 aromatic rings. The zero-order valence-electron chi connectivity index (χ0n) is 11.4. The van der Waals surface area contributed by atoms with E-state index in [1.807, 2.05) is 0 Å². The first-order chi connectivity index (χ1) is 10.5. The number of nitrogens with two attached hydrogens (primary N) is 1. The minimum absolute atomic E-state index is 0.0339. The van der Waals surface area contributed by atoms with E-state index in [0.29, 0.717) is 5.56 Å². The average Bonchev–Trinajstić information content (AvgIpc) is 2.83. The first-order valence-corrected chi connectivity index (χ1v) is 6.84. The molecule has 22 heavy (non-hydrogen) atoms. The monoisotopic (exact) mass is 322 g/mol. The van der Waals surface area contributed by atoms with E-state index in [2.05, 4.69) is 10.0 Å². The molecule has 8 nitrogen and oxygen atoms in total. The fourth-order valence-corrected chi connectivity index (χ4v) is 2.32. The maximum absolute atomic E-state index is 11.8. The van der Waals surface area contributed by atoms with Crippen LogP contribution >= 0.6 is 12.2 Å². The second kappa shape index (κ2) is 7.19. The first kappa shape index (κ1) is 16.2. The quantitative estimate of drug-likeness (QED) is 0.273. The summed E-state index contributed by atoms with van der Waals surface area (Å²) in [6, 6.07) is 7.46. The van der Waals surface area contributed by atoms with Gasteiger partial charge in [0.05, 0.1) is 17.7 Å². The van der Waals surface area contributed by atoms with Crippen molar-refractivity contribution < 1.29 is 19.4 Å². The van der Waals surface area contributed by atoms with Crippen LogP contribution in [0, 0.1) is 0 Å². The number of benzene rings is 1. The number of hydrogen-bond donors (Lipinski definition) is 2. The van der Waals surface area contributed by atoms with E-state index in [1.54, 1.807) is 30.3 Å². The average molecular weight is 322 g/mol. The molecule has 1 saturated heterocycles. The number of rotatable bonds is 5. The van der Waals surface area contributed by atoms with Crippen LogP contribution in [0.15, 0.2) is 35.4 Å². The summed E-state index contributed by atoms with van der Waals surface area (Å²) in [7, 11) is 0. The molecule has 1 fully saturated rings. The number of esters is 1. The lowest BCUT2D eigenvalue weighted by Crippen LogP contribution is -2.37. The topological polar surface area (TPSA) is 131 Å². The number of aliphatic hydroxyl groups is 1. The van der Waals surface area contributed by atoms with Gasteiger partial charge in [-0.15, -0.1) is 0 Å². The summed E-state index contributed by atoms with van der Waals surface area (Å²) in [5, 5.41) is 13.5. The van der Waals surface area contributed by atoms with Gasteiger partial charge >= 0.3 is 5.97 Å².